The Bertz CT molecular complexity index is 1250. The van der Waals surface area contributed by atoms with Crippen molar-refractivity contribution in [1.29, 1.82) is 0 Å². The molecule has 172 valence electrons. The fourth-order valence-electron chi connectivity index (χ4n) is 3.99. The average molecular weight is 495 g/mol. The number of hydrogen-bond donors (Lipinski definition) is 4. The van der Waals surface area contributed by atoms with E-state index < -0.39 is 16.3 Å². The van der Waals surface area contributed by atoms with E-state index in [1.54, 1.807) is 17.7 Å². The number of anilines is 3. The number of nitrogens with zero attached hydrogens (tertiary/aromatic N) is 3. The summed E-state index contributed by atoms with van der Waals surface area (Å²) in [5.41, 5.74) is 8.63. The monoisotopic (exact) mass is 494 g/mol. The standard InChI is InChI=1S/C20H26N6O3S3/c1-26(32(2,28)29)17(27)8-11-3-5-13-15(7-11)30-20-18(13)19(23-10-24-20)25-12-4-6-14(21)16(9-12)31-22/h4,6,9-11,17,27H,3,5,7-8,21-22H2,1-2H3,(H,23,24,25). The SMILES string of the molecule is CN(C(O)CC1CCc2c(sc3ncnc(Nc4ccc(N)c(SN)c4)c23)C1)S(C)(=O)=O. The van der Waals surface area contributed by atoms with Crippen molar-refractivity contribution in [1.82, 2.24) is 14.3 Å². The number of nitrogen functional groups attached to an aromatic ring is 1. The number of nitrogens with one attached hydrogen (secondary N) is 1. The zero-order valence-corrected chi connectivity index (χ0v) is 20.2. The fraction of sp³-hybridized carbons (Fsp3) is 0.400. The van der Waals surface area contributed by atoms with Gasteiger partial charge < -0.3 is 16.2 Å². The van der Waals surface area contributed by atoms with Gasteiger partial charge in [0, 0.05) is 28.2 Å². The van der Waals surface area contributed by atoms with Gasteiger partial charge in [0.15, 0.2) is 0 Å². The summed E-state index contributed by atoms with van der Waals surface area (Å²) in [6.07, 6.45) is 4.48. The van der Waals surface area contributed by atoms with Crippen LogP contribution in [0.15, 0.2) is 29.4 Å². The number of aryl methyl sites for hydroxylation is 1. The first kappa shape index (κ1) is 23.2. The van der Waals surface area contributed by atoms with Crippen LogP contribution in [-0.2, 0) is 22.9 Å². The molecule has 2 atom stereocenters. The van der Waals surface area contributed by atoms with Gasteiger partial charge in [0.1, 0.15) is 23.2 Å². The molecule has 12 heteroatoms. The Balaban J connectivity index is 1.58. The van der Waals surface area contributed by atoms with Crippen molar-refractivity contribution < 1.29 is 13.5 Å². The molecular formula is C20H26N6O3S3. The summed E-state index contributed by atoms with van der Waals surface area (Å²) in [5, 5.41) is 20.5. The van der Waals surface area contributed by atoms with E-state index in [-0.39, 0.29) is 5.92 Å². The van der Waals surface area contributed by atoms with E-state index in [1.807, 2.05) is 18.2 Å². The topological polar surface area (TPSA) is 147 Å². The molecular weight excluding hydrogens is 468 g/mol. The Morgan fingerprint density at radius 2 is 2.19 bits per heavy atom. The van der Waals surface area contributed by atoms with E-state index in [0.717, 1.165) is 68.4 Å². The molecule has 0 saturated heterocycles. The van der Waals surface area contributed by atoms with E-state index in [2.05, 4.69) is 15.3 Å². The average Bonchev–Trinajstić information content (AvgIpc) is 3.12. The Morgan fingerprint density at radius 1 is 1.41 bits per heavy atom. The first-order valence-corrected chi connectivity index (χ1v) is 13.6. The van der Waals surface area contributed by atoms with Crippen LogP contribution in [0.1, 0.15) is 23.3 Å². The van der Waals surface area contributed by atoms with Gasteiger partial charge in [-0.2, -0.15) is 4.31 Å². The minimum atomic E-state index is -3.43. The molecule has 2 aromatic heterocycles. The maximum atomic E-state index is 11.7. The summed E-state index contributed by atoms with van der Waals surface area (Å²) in [6.45, 7) is 0. The second-order valence-corrected chi connectivity index (χ2v) is 11.8. The first-order valence-electron chi connectivity index (χ1n) is 10.1. The first-order chi connectivity index (χ1) is 15.2. The molecule has 0 fully saturated rings. The summed E-state index contributed by atoms with van der Waals surface area (Å²) >= 11 is 2.73. The van der Waals surface area contributed by atoms with Crippen LogP contribution in [0, 0.1) is 5.92 Å². The normalized spacial score (nSPS) is 17.5. The van der Waals surface area contributed by atoms with Crippen LogP contribution in [0.4, 0.5) is 17.2 Å². The summed E-state index contributed by atoms with van der Waals surface area (Å²) in [4.78, 5) is 11.9. The van der Waals surface area contributed by atoms with Gasteiger partial charge in [-0.1, -0.05) is 0 Å². The number of thiophene rings is 1. The highest BCUT2D eigenvalue weighted by Crippen LogP contribution is 2.41. The second-order valence-electron chi connectivity index (χ2n) is 8.01. The zero-order chi connectivity index (χ0) is 23.0. The molecule has 2 heterocycles. The quantitative estimate of drug-likeness (QED) is 0.221. The Hall–Kier alpha value is -1.96. The predicted molar refractivity (Wildman–Crippen MR) is 130 cm³/mol. The minimum absolute atomic E-state index is 0.195. The van der Waals surface area contributed by atoms with Crippen LogP contribution in [0.2, 0.25) is 0 Å². The molecule has 4 rings (SSSR count). The lowest BCUT2D eigenvalue weighted by atomic mass is 9.85. The molecule has 0 spiro atoms. The Morgan fingerprint density at radius 3 is 2.91 bits per heavy atom. The summed E-state index contributed by atoms with van der Waals surface area (Å²) in [6, 6.07) is 5.59. The smallest absolute Gasteiger partial charge is 0.213 e. The van der Waals surface area contributed by atoms with E-state index in [4.69, 9.17) is 10.9 Å². The molecule has 3 aromatic rings. The predicted octanol–water partition coefficient (Wildman–Crippen LogP) is 2.69. The maximum absolute atomic E-state index is 11.7. The highest BCUT2D eigenvalue weighted by molar-refractivity contribution is 7.97. The number of rotatable bonds is 7. The number of nitrogens with two attached hydrogens (primary N) is 2. The molecule has 0 radical (unpaired) electrons. The van der Waals surface area contributed by atoms with Crippen molar-refractivity contribution in [3.05, 3.63) is 35.0 Å². The molecule has 1 aliphatic carbocycles. The molecule has 32 heavy (non-hydrogen) atoms. The van der Waals surface area contributed by atoms with Gasteiger partial charge in [-0.3, -0.25) is 5.14 Å². The van der Waals surface area contributed by atoms with Gasteiger partial charge in [-0.15, -0.1) is 11.3 Å². The zero-order valence-electron chi connectivity index (χ0n) is 17.8. The van der Waals surface area contributed by atoms with Crippen molar-refractivity contribution in [3.63, 3.8) is 0 Å². The van der Waals surface area contributed by atoms with Crippen molar-refractivity contribution in [2.45, 2.75) is 36.8 Å². The highest BCUT2D eigenvalue weighted by Gasteiger charge is 2.29. The van der Waals surface area contributed by atoms with Crippen molar-refractivity contribution in [2.75, 3.05) is 24.4 Å². The largest absolute Gasteiger partial charge is 0.398 e. The van der Waals surface area contributed by atoms with E-state index >= 15 is 0 Å². The van der Waals surface area contributed by atoms with Gasteiger partial charge in [0.2, 0.25) is 10.0 Å². The number of fused-ring (bicyclic) bond motifs is 3. The van der Waals surface area contributed by atoms with Gasteiger partial charge in [0.05, 0.1) is 11.6 Å². The molecule has 1 aliphatic rings. The Labute approximate surface area is 195 Å². The molecule has 6 N–H and O–H groups in total. The van der Waals surface area contributed by atoms with E-state index in [9.17, 15) is 13.5 Å². The summed E-state index contributed by atoms with van der Waals surface area (Å²) in [7, 11) is -2.03. The van der Waals surface area contributed by atoms with Crippen molar-refractivity contribution in [2.24, 2.45) is 11.1 Å². The van der Waals surface area contributed by atoms with Gasteiger partial charge in [-0.05, 0) is 67.3 Å². The van der Waals surface area contributed by atoms with E-state index in [0.29, 0.717) is 12.1 Å². The van der Waals surface area contributed by atoms with Crippen molar-refractivity contribution >= 4 is 60.7 Å². The van der Waals surface area contributed by atoms with Gasteiger partial charge >= 0.3 is 0 Å². The number of hydrogen-bond acceptors (Lipinski definition) is 10. The lowest BCUT2D eigenvalue weighted by Crippen LogP contribution is -2.38. The molecule has 0 amide bonds. The van der Waals surface area contributed by atoms with Crippen LogP contribution < -0.4 is 16.2 Å². The fourth-order valence-corrected chi connectivity index (χ4v) is 6.22. The summed E-state index contributed by atoms with van der Waals surface area (Å²) in [5.74, 6) is 0.931. The second kappa shape index (κ2) is 9.12. The third-order valence-corrected chi connectivity index (χ3v) is 8.90. The van der Waals surface area contributed by atoms with Crippen LogP contribution in [0.3, 0.4) is 0 Å². The summed E-state index contributed by atoms with van der Waals surface area (Å²) < 4.78 is 24.4. The molecule has 0 saturated carbocycles. The van der Waals surface area contributed by atoms with Gasteiger partial charge in [-0.25, -0.2) is 18.4 Å². The minimum Gasteiger partial charge on any atom is -0.398 e. The van der Waals surface area contributed by atoms with Crippen LogP contribution in [0.25, 0.3) is 10.2 Å². The van der Waals surface area contributed by atoms with Crippen LogP contribution >= 0.6 is 23.3 Å². The Kier molecular flexibility index (Phi) is 6.61. The lowest BCUT2D eigenvalue weighted by Gasteiger charge is -2.28. The molecule has 0 bridgehead atoms. The lowest BCUT2D eigenvalue weighted by molar-refractivity contribution is 0.0524. The molecule has 9 nitrogen and oxygen atoms in total. The number of aliphatic hydroxyl groups is 1. The maximum Gasteiger partial charge on any atom is 0.213 e. The molecule has 1 aromatic carbocycles. The molecule has 2 unspecified atom stereocenters. The van der Waals surface area contributed by atoms with Gasteiger partial charge in [0.25, 0.3) is 0 Å². The number of sulfonamides is 1. The molecule has 0 aliphatic heterocycles. The third-order valence-electron chi connectivity index (χ3n) is 5.84. The number of aromatic nitrogens is 2. The highest BCUT2D eigenvalue weighted by atomic mass is 32.2. The van der Waals surface area contributed by atoms with Crippen LogP contribution in [0.5, 0.6) is 0 Å². The van der Waals surface area contributed by atoms with Crippen molar-refractivity contribution in [3.8, 4) is 0 Å². The number of aliphatic hydroxyl groups excluding tert-OH is 1. The third kappa shape index (κ3) is 4.70. The van der Waals surface area contributed by atoms with Crippen LogP contribution in [-0.4, -0.2) is 47.3 Å². The number of benzene rings is 1. The van der Waals surface area contributed by atoms with E-state index in [1.165, 1.54) is 17.5 Å².